The van der Waals surface area contributed by atoms with Gasteiger partial charge in [-0.05, 0) is 5.75 Å². The fraction of sp³-hybridized carbons (Fsp3) is 1.00. The second-order valence-electron chi connectivity index (χ2n) is 1.60. The van der Waals surface area contributed by atoms with Crippen molar-refractivity contribution in [1.29, 1.82) is 0 Å². The summed E-state index contributed by atoms with van der Waals surface area (Å²) in [5.41, 5.74) is 5.39. The van der Waals surface area contributed by atoms with Gasteiger partial charge in [-0.25, -0.2) is 0 Å². The molecule has 8 heavy (non-hydrogen) atoms. The van der Waals surface area contributed by atoms with Crippen LogP contribution in [-0.4, -0.2) is 29.3 Å². The topological polar surface area (TPSA) is 46.2 Å². The van der Waals surface area contributed by atoms with Crippen molar-refractivity contribution in [2.75, 3.05) is 18.1 Å². The predicted molar refractivity (Wildman–Crippen MR) is 38.1 cm³/mol. The predicted octanol–water partition coefficient (Wildman–Crippen LogP) is 0.0591. The molecule has 0 aromatic heterocycles. The fourth-order valence-electron chi connectivity index (χ4n) is 0.322. The van der Waals surface area contributed by atoms with Gasteiger partial charge in [0.25, 0.3) is 0 Å². The Morgan fingerprint density at radius 3 is 2.75 bits per heavy atom. The molecular weight excluding hydrogens is 122 g/mol. The molecule has 0 aliphatic carbocycles. The number of thioether (sulfide) groups is 1. The van der Waals surface area contributed by atoms with Gasteiger partial charge in [-0.3, -0.25) is 0 Å². The van der Waals surface area contributed by atoms with Crippen LogP contribution in [0.4, 0.5) is 0 Å². The van der Waals surface area contributed by atoms with E-state index in [9.17, 15) is 0 Å². The monoisotopic (exact) mass is 135 g/mol. The molecule has 0 radical (unpaired) electrons. The summed E-state index contributed by atoms with van der Waals surface area (Å²) < 4.78 is 0. The van der Waals surface area contributed by atoms with Gasteiger partial charge in [0, 0.05) is 11.8 Å². The maximum absolute atomic E-state index is 8.42. The molecule has 0 aromatic rings. The second kappa shape index (κ2) is 5.41. The highest BCUT2D eigenvalue weighted by atomic mass is 32.2. The Balaban J connectivity index is 2.86. The maximum atomic E-state index is 8.42. The third kappa shape index (κ3) is 4.43. The molecule has 2 nitrogen and oxygen atoms in total. The third-order valence-corrected chi connectivity index (χ3v) is 1.84. The molecule has 1 atom stereocenters. The van der Waals surface area contributed by atoms with E-state index in [1.165, 1.54) is 0 Å². The summed E-state index contributed by atoms with van der Waals surface area (Å²) in [6.45, 7) is 2.18. The third-order valence-electron chi connectivity index (χ3n) is 0.771. The number of aliphatic hydroxyl groups excluding tert-OH is 1. The van der Waals surface area contributed by atoms with Crippen molar-refractivity contribution in [3.8, 4) is 0 Å². The Labute approximate surface area is 54.5 Å². The van der Waals surface area contributed by atoms with Crippen LogP contribution in [0.1, 0.15) is 6.92 Å². The summed E-state index contributed by atoms with van der Waals surface area (Å²) in [4.78, 5) is 0. The van der Waals surface area contributed by atoms with Gasteiger partial charge in [0.2, 0.25) is 0 Å². The quantitative estimate of drug-likeness (QED) is 0.573. The zero-order valence-corrected chi connectivity index (χ0v) is 5.95. The van der Waals surface area contributed by atoms with Crippen molar-refractivity contribution >= 4 is 11.8 Å². The largest absolute Gasteiger partial charge is 0.395 e. The minimum atomic E-state index is -0.0278. The number of rotatable bonds is 4. The molecule has 0 heterocycles. The number of nitrogens with two attached hydrogens (primary N) is 1. The molecule has 0 amide bonds. The van der Waals surface area contributed by atoms with Crippen molar-refractivity contribution in [3.63, 3.8) is 0 Å². The average molecular weight is 135 g/mol. The maximum Gasteiger partial charge on any atom is 0.0590 e. The van der Waals surface area contributed by atoms with Crippen LogP contribution in [0.15, 0.2) is 0 Å². The van der Waals surface area contributed by atoms with E-state index < -0.39 is 0 Å². The second-order valence-corrected chi connectivity index (χ2v) is 2.92. The van der Waals surface area contributed by atoms with Crippen molar-refractivity contribution in [2.24, 2.45) is 5.73 Å². The highest BCUT2D eigenvalue weighted by molar-refractivity contribution is 7.99. The number of hydrogen-bond acceptors (Lipinski definition) is 3. The van der Waals surface area contributed by atoms with E-state index in [0.717, 1.165) is 11.5 Å². The van der Waals surface area contributed by atoms with Gasteiger partial charge in [0.15, 0.2) is 0 Å². The number of aliphatic hydroxyl groups is 1. The van der Waals surface area contributed by atoms with Gasteiger partial charge >= 0.3 is 0 Å². The normalized spacial score (nSPS) is 13.9. The first kappa shape index (κ1) is 8.27. The van der Waals surface area contributed by atoms with Crippen LogP contribution in [0.2, 0.25) is 0 Å². The molecule has 0 fully saturated rings. The Bertz CT molecular complexity index is 51.7. The van der Waals surface area contributed by atoms with Crippen LogP contribution in [0.25, 0.3) is 0 Å². The Kier molecular flexibility index (Phi) is 5.59. The first-order valence-electron chi connectivity index (χ1n) is 2.75. The summed E-state index contributed by atoms with van der Waals surface area (Å²) in [5, 5.41) is 8.42. The molecule has 0 spiro atoms. The number of hydrogen-bond donors (Lipinski definition) is 2. The Morgan fingerprint density at radius 2 is 2.38 bits per heavy atom. The molecule has 0 aliphatic heterocycles. The molecule has 0 bridgehead atoms. The Morgan fingerprint density at radius 1 is 1.75 bits per heavy atom. The SMILES string of the molecule is CCSC[C@H](N)CO. The van der Waals surface area contributed by atoms with Crippen molar-refractivity contribution in [2.45, 2.75) is 13.0 Å². The van der Waals surface area contributed by atoms with E-state index in [2.05, 4.69) is 6.92 Å². The van der Waals surface area contributed by atoms with Crippen molar-refractivity contribution in [1.82, 2.24) is 0 Å². The lowest BCUT2D eigenvalue weighted by Crippen LogP contribution is -2.26. The fourth-order valence-corrected chi connectivity index (χ4v) is 0.966. The van der Waals surface area contributed by atoms with E-state index in [1.54, 1.807) is 11.8 Å². The highest BCUT2D eigenvalue weighted by Gasteiger charge is 1.96. The highest BCUT2D eigenvalue weighted by Crippen LogP contribution is 1.98. The molecule has 0 aliphatic rings. The minimum Gasteiger partial charge on any atom is -0.395 e. The molecule has 0 saturated heterocycles. The lowest BCUT2D eigenvalue weighted by Gasteiger charge is -2.04. The van der Waals surface area contributed by atoms with Gasteiger partial charge in [-0.2, -0.15) is 11.8 Å². The molecule has 50 valence electrons. The summed E-state index contributed by atoms with van der Waals surface area (Å²) in [6.07, 6.45) is 0. The smallest absolute Gasteiger partial charge is 0.0590 e. The van der Waals surface area contributed by atoms with Crippen LogP contribution >= 0.6 is 11.8 Å². The lowest BCUT2D eigenvalue weighted by atomic mass is 10.4. The van der Waals surface area contributed by atoms with E-state index in [-0.39, 0.29) is 12.6 Å². The van der Waals surface area contributed by atoms with Gasteiger partial charge in [0.1, 0.15) is 0 Å². The van der Waals surface area contributed by atoms with Crippen molar-refractivity contribution in [3.05, 3.63) is 0 Å². The molecule has 3 heteroatoms. The molecule has 0 rings (SSSR count). The van der Waals surface area contributed by atoms with E-state index in [4.69, 9.17) is 10.8 Å². The Hall–Kier alpha value is 0.270. The van der Waals surface area contributed by atoms with Crippen LogP contribution in [0.3, 0.4) is 0 Å². The average Bonchev–Trinajstić information content (AvgIpc) is 1.83. The van der Waals surface area contributed by atoms with E-state index in [0.29, 0.717) is 0 Å². The summed E-state index contributed by atoms with van der Waals surface area (Å²) >= 11 is 1.76. The summed E-state index contributed by atoms with van der Waals surface area (Å²) in [6, 6.07) is -0.0278. The van der Waals surface area contributed by atoms with Gasteiger partial charge in [0.05, 0.1) is 6.61 Å². The van der Waals surface area contributed by atoms with E-state index >= 15 is 0 Å². The zero-order chi connectivity index (χ0) is 6.41. The van der Waals surface area contributed by atoms with Gasteiger partial charge in [-0.1, -0.05) is 6.92 Å². The molecule has 0 aromatic carbocycles. The molecule has 3 N–H and O–H groups in total. The van der Waals surface area contributed by atoms with Gasteiger partial charge < -0.3 is 10.8 Å². The zero-order valence-electron chi connectivity index (χ0n) is 5.13. The summed E-state index contributed by atoms with van der Waals surface area (Å²) in [7, 11) is 0. The first-order chi connectivity index (χ1) is 3.81. The summed E-state index contributed by atoms with van der Waals surface area (Å²) in [5.74, 6) is 1.95. The van der Waals surface area contributed by atoms with Crippen LogP contribution in [-0.2, 0) is 0 Å². The van der Waals surface area contributed by atoms with Crippen LogP contribution in [0.5, 0.6) is 0 Å². The van der Waals surface area contributed by atoms with Crippen LogP contribution in [0, 0.1) is 0 Å². The minimum absolute atomic E-state index is 0.0278. The van der Waals surface area contributed by atoms with E-state index in [1.807, 2.05) is 0 Å². The van der Waals surface area contributed by atoms with Gasteiger partial charge in [-0.15, -0.1) is 0 Å². The molecular formula is C5H13NOS. The standard InChI is InChI=1S/C5H13NOS/c1-2-8-4-5(6)3-7/h5,7H,2-4,6H2,1H3/t5-/m1/s1. The molecule has 0 unspecified atom stereocenters. The molecule has 0 saturated carbocycles. The van der Waals surface area contributed by atoms with Crippen molar-refractivity contribution < 1.29 is 5.11 Å². The van der Waals surface area contributed by atoms with Crippen LogP contribution < -0.4 is 5.73 Å². The lowest BCUT2D eigenvalue weighted by molar-refractivity contribution is 0.275. The first-order valence-corrected chi connectivity index (χ1v) is 3.91.